The molecule has 2 aromatic rings. The number of rotatable bonds is 5. The Morgan fingerprint density at radius 2 is 1.81 bits per heavy atom. The molecule has 3 nitrogen and oxygen atoms in total. The van der Waals surface area contributed by atoms with Gasteiger partial charge in [0.15, 0.2) is 5.54 Å². The zero-order valence-electron chi connectivity index (χ0n) is 12.1. The number of hydrogen-bond acceptors (Lipinski definition) is 2. The highest BCUT2D eigenvalue weighted by Crippen LogP contribution is 2.33. The quantitative estimate of drug-likeness (QED) is 0.833. The number of aliphatic carboxylic acids is 1. The van der Waals surface area contributed by atoms with Crippen LogP contribution in [0.3, 0.4) is 0 Å². The maximum absolute atomic E-state index is 12.0. The molecule has 0 saturated heterocycles. The first-order chi connectivity index (χ1) is 9.99. The molecule has 0 radical (unpaired) electrons. The molecule has 0 aliphatic carbocycles. The Labute approximate surface area is 133 Å². The van der Waals surface area contributed by atoms with Gasteiger partial charge in [0.1, 0.15) is 0 Å². The van der Waals surface area contributed by atoms with Crippen LogP contribution >= 0.6 is 15.9 Å². The molecule has 0 bridgehead atoms. The fourth-order valence-electron chi connectivity index (χ4n) is 2.32. The number of benzene rings is 2. The first-order valence-corrected chi connectivity index (χ1v) is 7.62. The van der Waals surface area contributed by atoms with E-state index in [1.54, 1.807) is 0 Å². The van der Waals surface area contributed by atoms with Crippen molar-refractivity contribution in [2.45, 2.75) is 25.8 Å². The number of nitrogens with one attached hydrogen (secondary N) is 1. The molecule has 2 rings (SSSR count). The molecular weight excluding hydrogens is 330 g/mol. The van der Waals surface area contributed by atoms with Gasteiger partial charge in [0.25, 0.3) is 0 Å². The molecule has 2 N–H and O–H groups in total. The SMILES string of the molecule is CCC(Nc1ccccc1Br)(C(=O)O)c1ccc(C)cc1. The summed E-state index contributed by atoms with van der Waals surface area (Å²) in [5.74, 6) is -0.885. The third kappa shape index (κ3) is 3.10. The van der Waals surface area contributed by atoms with Crippen molar-refractivity contribution in [1.82, 2.24) is 0 Å². The molecule has 0 saturated carbocycles. The van der Waals surface area contributed by atoms with E-state index in [1.807, 2.05) is 62.4 Å². The van der Waals surface area contributed by atoms with Gasteiger partial charge in [0, 0.05) is 10.2 Å². The van der Waals surface area contributed by atoms with Crippen LogP contribution in [-0.2, 0) is 10.3 Å². The summed E-state index contributed by atoms with van der Waals surface area (Å²) < 4.78 is 0.844. The van der Waals surface area contributed by atoms with Gasteiger partial charge in [-0.25, -0.2) is 4.79 Å². The molecule has 4 heteroatoms. The molecule has 0 heterocycles. The summed E-state index contributed by atoms with van der Waals surface area (Å²) in [5, 5.41) is 13.0. The van der Waals surface area contributed by atoms with E-state index in [1.165, 1.54) is 0 Å². The van der Waals surface area contributed by atoms with Gasteiger partial charge in [-0.1, -0.05) is 48.9 Å². The summed E-state index contributed by atoms with van der Waals surface area (Å²) in [6.07, 6.45) is 0.437. The molecule has 0 spiro atoms. The van der Waals surface area contributed by atoms with Crippen LogP contribution in [0, 0.1) is 6.92 Å². The average Bonchev–Trinajstić information content (AvgIpc) is 2.47. The minimum Gasteiger partial charge on any atom is -0.479 e. The van der Waals surface area contributed by atoms with Crippen LogP contribution in [0.5, 0.6) is 0 Å². The van der Waals surface area contributed by atoms with Crippen LogP contribution in [0.1, 0.15) is 24.5 Å². The Bertz CT molecular complexity index is 639. The van der Waals surface area contributed by atoms with Crippen molar-refractivity contribution in [1.29, 1.82) is 0 Å². The molecule has 21 heavy (non-hydrogen) atoms. The van der Waals surface area contributed by atoms with Crippen molar-refractivity contribution >= 4 is 27.6 Å². The molecule has 1 atom stereocenters. The zero-order chi connectivity index (χ0) is 15.5. The van der Waals surface area contributed by atoms with E-state index in [4.69, 9.17) is 0 Å². The highest BCUT2D eigenvalue weighted by molar-refractivity contribution is 9.10. The maximum Gasteiger partial charge on any atom is 0.334 e. The lowest BCUT2D eigenvalue weighted by atomic mass is 9.86. The lowest BCUT2D eigenvalue weighted by molar-refractivity contribution is -0.142. The smallest absolute Gasteiger partial charge is 0.334 e. The number of hydrogen-bond donors (Lipinski definition) is 2. The number of carboxylic acid groups (broad SMARTS) is 1. The van der Waals surface area contributed by atoms with Crippen LogP contribution < -0.4 is 5.32 Å². The van der Waals surface area contributed by atoms with Crippen molar-refractivity contribution in [3.8, 4) is 0 Å². The summed E-state index contributed by atoms with van der Waals surface area (Å²) in [6.45, 7) is 3.86. The minimum atomic E-state index is -1.14. The normalized spacial score (nSPS) is 13.5. The standard InChI is InChI=1S/C17H18BrNO2/c1-3-17(16(20)21,13-10-8-12(2)9-11-13)19-15-7-5-4-6-14(15)18/h4-11,19H,3H2,1-2H3,(H,20,21). The van der Waals surface area contributed by atoms with E-state index >= 15 is 0 Å². The van der Waals surface area contributed by atoms with Gasteiger partial charge in [-0.15, -0.1) is 0 Å². The summed E-state index contributed by atoms with van der Waals surface area (Å²) in [6, 6.07) is 15.1. The number of para-hydroxylation sites is 1. The minimum absolute atomic E-state index is 0.437. The second kappa shape index (κ2) is 6.31. The second-order valence-electron chi connectivity index (χ2n) is 5.03. The van der Waals surface area contributed by atoms with E-state index in [0.717, 1.165) is 21.3 Å². The van der Waals surface area contributed by atoms with E-state index in [9.17, 15) is 9.90 Å². The van der Waals surface area contributed by atoms with Gasteiger partial charge in [-0.2, -0.15) is 0 Å². The summed E-state index contributed by atoms with van der Waals surface area (Å²) >= 11 is 3.46. The largest absolute Gasteiger partial charge is 0.479 e. The third-order valence-corrected chi connectivity index (χ3v) is 4.35. The molecule has 0 aliphatic rings. The van der Waals surface area contributed by atoms with Gasteiger partial charge in [0.05, 0.1) is 0 Å². The van der Waals surface area contributed by atoms with Crippen LogP contribution in [0.15, 0.2) is 53.0 Å². The molecule has 1 unspecified atom stereocenters. The van der Waals surface area contributed by atoms with Crippen molar-refractivity contribution in [2.24, 2.45) is 0 Å². The fourth-order valence-corrected chi connectivity index (χ4v) is 2.71. The first kappa shape index (κ1) is 15.6. The fraction of sp³-hybridized carbons (Fsp3) is 0.235. The van der Waals surface area contributed by atoms with Gasteiger partial charge in [-0.3, -0.25) is 0 Å². The van der Waals surface area contributed by atoms with Crippen molar-refractivity contribution in [3.05, 3.63) is 64.1 Å². The van der Waals surface area contributed by atoms with Crippen molar-refractivity contribution in [2.75, 3.05) is 5.32 Å². The predicted molar refractivity (Wildman–Crippen MR) is 88.5 cm³/mol. The summed E-state index contributed by atoms with van der Waals surface area (Å²) in [5.41, 5.74) is 1.48. The highest BCUT2D eigenvalue weighted by atomic mass is 79.9. The Morgan fingerprint density at radius 1 is 1.19 bits per heavy atom. The maximum atomic E-state index is 12.0. The van der Waals surface area contributed by atoms with Gasteiger partial charge in [0.2, 0.25) is 0 Å². The molecule has 0 amide bonds. The number of carboxylic acids is 1. The topological polar surface area (TPSA) is 49.3 Å². The molecule has 0 aliphatic heterocycles. The van der Waals surface area contributed by atoms with E-state index in [-0.39, 0.29) is 0 Å². The number of carbonyl (C=O) groups is 1. The molecule has 2 aromatic carbocycles. The predicted octanol–water partition coefficient (Wildman–Crippen LogP) is 4.56. The Morgan fingerprint density at radius 3 is 2.33 bits per heavy atom. The Balaban J connectivity index is 2.50. The summed E-state index contributed by atoms with van der Waals surface area (Å²) in [7, 11) is 0. The highest BCUT2D eigenvalue weighted by Gasteiger charge is 2.39. The zero-order valence-corrected chi connectivity index (χ0v) is 13.6. The number of anilines is 1. The van der Waals surface area contributed by atoms with Gasteiger partial charge < -0.3 is 10.4 Å². The van der Waals surface area contributed by atoms with Gasteiger partial charge in [-0.05, 0) is 47.0 Å². The van der Waals surface area contributed by atoms with Crippen LogP contribution in [0.25, 0.3) is 0 Å². The molecule has 110 valence electrons. The lowest BCUT2D eigenvalue weighted by Crippen LogP contribution is -2.43. The average molecular weight is 348 g/mol. The molecular formula is C17H18BrNO2. The van der Waals surface area contributed by atoms with Gasteiger partial charge >= 0.3 is 5.97 Å². The van der Waals surface area contributed by atoms with E-state index in [2.05, 4.69) is 21.2 Å². The molecule has 0 aromatic heterocycles. The van der Waals surface area contributed by atoms with Crippen LogP contribution in [0.4, 0.5) is 5.69 Å². The Kier molecular flexibility index (Phi) is 4.68. The van der Waals surface area contributed by atoms with E-state index in [0.29, 0.717) is 6.42 Å². The van der Waals surface area contributed by atoms with Crippen LogP contribution in [0.2, 0.25) is 0 Å². The van der Waals surface area contributed by atoms with Crippen molar-refractivity contribution in [3.63, 3.8) is 0 Å². The third-order valence-electron chi connectivity index (χ3n) is 3.66. The Hall–Kier alpha value is -1.81. The summed E-state index contributed by atoms with van der Waals surface area (Å²) in [4.78, 5) is 12.0. The lowest BCUT2D eigenvalue weighted by Gasteiger charge is -2.31. The monoisotopic (exact) mass is 347 g/mol. The number of aryl methyl sites for hydroxylation is 1. The second-order valence-corrected chi connectivity index (χ2v) is 5.89. The molecule has 0 fully saturated rings. The first-order valence-electron chi connectivity index (χ1n) is 6.83. The number of halogens is 1. The van der Waals surface area contributed by atoms with Crippen LogP contribution in [-0.4, -0.2) is 11.1 Å². The van der Waals surface area contributed by atoms with E-state index < -0.39 is 11.5 Å². The van der Waals surface area contributed by atoms with Crippen molar-refractivity contribution < 1.29 is 9.90 Å².